The van der Waals surface area contributed by atoms with E-state index in [0.717, 1.165) is 22.6 Å². The van der Waals surface area contributed by atoms with Gasteiger partial charge in [-0.05, 0) is 66.6 Å². The highest BCUT2D eigenvalue weighted by molar-refractivity contribution is 6.46. The lowest BCUT2D eigenvalue weighted by Gasteiger charge is -2.26. The number of aliphatic hydroxyl groups is 1. The molecule has 35 heavy (non-hydrogen) atoms. The van der Waals surface area contributed by atoms with Gasteiger partial charge in [0.2, 0.25) is 0 Å². The molecule has 0 spiro atoms. The summed E-state index contributed by atoms with van der Waals surface area (Å²) >= 11 is 6.00. The van der Waals surface area contributed by atoms with E-state index in [2.05, 4.69) is 0 Å². The molecule has 1 aliphatic heterocycles. The maximum Gasteiger partial charge on any atom is 0.295 e. The first kappa shape index (κ1) is 24.4. The standard InChI is InChI=1S/C28H27ClN2O4/c1-4-35-23-15-5-18(6-16-23)17-31-25(19-9-13-22(14-10-19)30(2)3)24(27(33)28(31)34)26(32)20-7-11-21(29)12-8-20/h5-16,25,32H,4,17H2,1-3H3/b26-24-. The fourth-order valence-electron chi connectivity index (χ4n) is 4.16. The van der Waals surface area contributed by atoms with Crippen LogP contribution in [0.5, 0.6) is 5.75 Å². The number of hydrogen-bond donors (Lipinski definition) is 1. The Labute approximate surface area is 210 Å². The number of Topliss-reactive ketones (excluding diaryl/α,β-unsaturated/α-hetero) is 1. The molecule has 1 fully saturated rings. The topological polar surface area (TPSA) is 70.1 Å². The molecule has 1 unspecified atom stereocenters. The van der Waals surface area contributed by atoms with Gasteiger partial charge in [0, 0.05) is 36.9 Å². The number of benzene rings is 3. The van der Waals surface area contributed by atoms with E-state index in [9.17, 15) is 14.7 Å². The molecule has 3 aromatic rings. The van der Waals surface area contributed by atoms with Crippen LogP contribution in [0.2, 0.25) is 5.02 Å². The van der Waals surface area contributed by atoms with Crippen LogP contribution >= 0.6 is 11.6 Å². The molecule has 0 radical (unpaired) electrons. The summed E-state index contributed by atoms with van der Waals surface area (Å²) in [7, 11) is 3.88. The predicted octanol–water partition coefficient (Wildman–Crippen LogP) is 5.43. The zero-order chi connectivity index (χ0) is 25.1. The van der Waals surface area contributed by atoms with Gasteiger partial charge >= 0.3 is 0 Å². The van der Waals surface area contributed by atoms with Gasteiger partial charge in [0.25, 0.3) is 11.7 Å². The van der Waals surface area contributed by atoms with Crippen LogP contribution in [0.4, 0.5) is 5.69 Å². The van der Waals surface area contributed by atoms with Crippen LogP contribution in [-0.4, -0.2) is 42.4 Å². The van der Waals surface area contributed by atoms with E-state index in [1.165, 1.54) is 4.90 Å². The number of carbonyl (C=O) groups is 2. The Bertz CT molecular complexity index is 1250. The summed E-state index contributed by atoms with van der Waals surface area (Å²) in [4.78, 5) is 29.9. The highest BCUT2D eigenvalue weighted by Gasteiger charge is 2.46. The van der Waals surface area contributed by atoms with Crippen molar-refractivity contribution in [1.82, 2.24) is 4.90 Å². The maximum atomic E-state index is 13.2. The predicted molar refractivity (Wildman–Crippen MR) is 138 cm³/mol. The molecule has 1 N–H and O–H groups in total. The minimum atomic E-state index is -0.742. The van der Waals surface area contributed by atoms with E-state index in [-0.39, 0.29) is 17.9 Å². The van der Waals surface area contributed by atoms with Crippen LogP contribution in [0.15, 0.2) is 78.4 Å². The molecule has 1 aliphatic rings. The van der Waals surface area contributed by atoms with Crippen molar-refractivity contribution >= 4 is 34.7 Å². The maximum absolute atomic E-state index is 13.2. The molecular formula is C28H27ClN2O4. The van der Waals surface area contributed by atoms with Crippen molar-refractivity contribution < 1.29 is 19.4 Å². The van der Waals surface area contributed by atoms with E-state index in [1.54, 1.807) is 24.3 Å². The SMILES string of the molecule is CCOc1ccc(CN2C(=O)C(=O)/C(=C(\O)c3ccc(Cl)cc3)C2c2ccc(N(C)C)cc2)cc1. The number of hydrogen-bond acceptors (Lipinski definition) is 5. The second kappa shape index (κ2) is 10.2. The summed E-state index contributed by atoms with van der Waals surface area (Å²) < 4.78 is 5.51. The number of anilines is 1. The van der Waals surface area contributed by atoms with E-state index in [4.69, 9.17) is 16.3 Å². The molecule has 0 aromatic heterocycles. The first-order valence-corrected chi connectivity index (χ1v) is 11.7. The van der Waals surface area contributed by atoms with Gasteiger partial charge in [-0.15, -0.1) is 0 Å². The monoisotopic (exact) mass is 490 g/mol. The first-order valence-electron chi connectivity index (χ1n) is 11.3. The molecule has 0 bridgehead atoms. The third kappa shape index (κ3) is 5.03. The molecule has 1 amide bonds. The quantitative estimate of drug-likeness (QED) is 0.272. The highest BCUT2D eigenvalue weighted by Crippen LogP contribution is 2.40. The summed E-state index contributed by atoms with van der Waals surface area (Å²) in [5.41, 5.74) is 3.03. The van der Waals surface area contributed by atoms with E-state index < -0.39 is 17.7 Å². The second-order valence-electron chi connectivity index (χ2n) is 8.50. The lowest BCUT2D eigenvalue weighted by molar-refractivity contribution is -0.140. The Morgan fingerprint density at radius 3 is 2.17 bits per heavy atom. The number of ether oxygens (including phenoxy) is 1. The van der Waals surface area contributed by atoms with Crippen LogP contribution in [-0.2, 0) is 16.1 Å². The molecule has 1 heterocycles. The van der Waals surface area contributed by atoms with Crippen LogP contribution in [0.25, 0.3) is 5.76 Å². The number of nitrogens with zero attached hydrogens (tertiary/aromatic N) is 2. The number of amides is 1. The van der Waals surface area contributed by atoms with Gasteiger partial charge in [0.05, 0.1) is 18.2 Å². The Morgan fingerprint density at radius 1 is 0.971 bits per heavy atom. The number of ketones is 1. The van der Waals surface area contributed by atoms with Crippen molar-refractivity contribution in [2.24, 2.45) is 0 Å². The van der Waals surface area contributed by atoms with E-state index in [1.807, 2.05) is 74.4 Å². The van der Waals surface area contributed by atoms with E-state index >= 15 is 0 Å². The second-order valence-corrected chi connectivity index (χ2v) is 8.93. The van der Waals surface area contributed by atoms with Gasteiger partial charge < -0.3 is 19.6 Å². The lowest BCUT2D eigenvalue weighted by atomic mass is 9.95. The zero-order valence-electron chi connectivity index (χ0n) is 19.9. The van der Waals surface area contributed by atoms with Crippen molar-refractivity contribution in [2.45, 2.75) is 19.5 Å². The summed E-state index contributed by atoms with van der Waals surface area (Å²) in [5, 5.41) is 11.7. The molecule has 6 nitrogen and oxygen atoms in total. The van der Waals surface area contributed by atoms with Gasteiger partial charge in [-0.2, -0.15) is 0 Å². The molecule has 3 aromatic carbocycles. The molecule has 1 atom stereocenters. The highest BCUT2D eigenvalue weighted by atomic mass is 35.5. The Kier molecular flexibility index (Phi) is 7.12. The Morgan fingerprint density at radius 2 is 1.60 bits per heavy atom. The summed E-state index contributed by atoms with van der Waals surface area (Å²) in [6, 6.07) is 20.8. The van der Waals surface area contributed by atoms with Gasteiger partial charge in [0.15, 0.2) is 0 Å². The van der Waals surface area contributed by atoms with Gasteiger partial charge in [-0.3, -0.25) is 9.59 Å². The molecule has 0 aliphatic carbocycles. The van der Waals surface area contributed by atoms with Crippen LogP contribution in [0.1, 0.15) is 29.7 Å². The molecule has 1 saturated heterocycles. The number of rotatable bonds is 7. The fraction of sp³-hybridized carbons (Fsp3) is 0.214. The minimum Gasteiger partial charge on any atom is -0.507 e. The van der Waals surface area contributed by atoms with Crippen LogP contribution in [0.3, 0.4) is 0 Å². The summed E-state index contributed by atoms with van der Waals surface area (Å²) in [6.07, 6.45) is 0. The third-order valence-corrected chi connectivity index (χ3v) is 6.22. The Balaban J connectivity index is 1.79. The zero-order valence-corrected chi connectivity index (χ0v) is 20.6. The molecular weight excluding hydrogens is 464 g/mol. The lowest BCUT2D eigenvalue weighted by Crippen LogP contribution is -2.29. The number of carbonyl (C=O) groups excluding carboxylic acids is 2. The minimum absolute atomic E-state index is 0.0564. The smallest absolute Gasteiger partial charge is 0.295 e. The van der Waals surface area contributed by atoms with Gasteiger partial charge in [-0.1, -0.05) is 35.9 Å². The van der Waals surface area contributed by atoms with Crippen molar-refractivity contribution in [3.05, 3.63) is 100 Å². The van der Waals surface area contributed by atoms with Crippen molar-refractivity contribution in [3.8, 4) is 5.75 Å². The Hall–Kier alpha value is -3.77. The van der Waals surface area contributed by atoms with Crippen molar-refractivity contribution in [3.63, 3.8) is 0 Å². The molecule has 4 rings (SSSR count). The average molecular weight is 491 g/mol. The average Bonchev–Trinajstić information content (AvgIpc) is 3.10. The van der Waals surface area contributed by atoms with Crippen molar-refractivity contribution in [2.75, 3.05) is 25.6 Å². The van der Waals surface area contributed by atoms with E-state index in [0.29, 0.717) is 17.2 Å². The fourth-order valence-corrected chi connectivity index (χ4v) is 4.29. The largest absolute Gasteiger partial charge is 0.507 e. The molecule has 7 heteroatoms. The summed E-state index contributed by atoms with van der Waals surface area (Å²) in [6.45, 7) is 2.67. The van der Waals surface area contributed by atoms with Crippen molar-refractivity contribution in [1.29, 1.82) is 0 Å². The van der Waals surface area contributed by atoms with Crippen LogP contribution in [0, 0.1) is 0 Å². The van der Waals surface area contributed by atoms with Crippen LogP contribution < -0.4 is 9.64 Å². The van der Waals surface area contributed by atoms with Gasteiger partial charge in [0.1, 0.15) is 11.5 Å². The molecule has 180 valence electrons. The normalized spacial score (nSPS) is 17.0. The summed E-state index contributed by atoms with van der Waals surface area (Å²) in [5.74, 6) is -0.867. The molecule has 0 saturated carbocycles. The number of aliphatic hydroxyl groups excluding tert-OH is 1. The number of halogens is 1. The first-order chi connectivity index (χ1) is 16.8. The van der Waals surface area contributed by atoms with Gasteiger partial charge in [-0.25, -0.2) is 0 Å². The number of likely N-dealkylation sites (tertiary alicyclic amines) is 1. The third-order valence-electron chi connectivity index (χ3n) is 5.97.